The Balaban J connectivity index is 4.21. The molecule has 0 fully saturated rings. The standard InChI is InChI=1S/C72H126O6/c1-4-7-10-13-16-19-22-24-26-28-30-32-33-34-35-36-37-38-39-41-42-44-46-48-50-53-56-59-62-65-71(74)77-68-69(67-76-70(73)64-61-58-55-52-21-18-15-12-9-6-3)78-72(75)66-63-60-57-54-51-49-47-45-43-40-31-29-27-25-23-20-17-14-11-8-5-2/h8,11-12,15,17,20,25,27,31,40,45,47,51,54,69H,4-7,9-10,13-14,16,18-19,21-24,26,28-30,32-39,41-44,46,48-50,52-53,55-68H2,1-3H3/b11-8-,15-12-,20-17-,27-25-,40-31-,47-45-,54-51-. The van der Waals surface area contributed by atoms with Gasteiger partial charge in [-0.25, -0.2) is 0 Å². The molecular weight excluding hydrogens is 961 g/mol. The molecular formula is C72H126O6. The van der Waals surface area contributed by atoms with Crippen LogP contribution in [0.25, 0.3) is 0 Å². The SMILES string of the molecule is CC/C=C\C/C=C\C/C=C\C/C=C\C/C=C\C/C=C\CCCCC(=O)OC(COC(=O)CCCCCCC/C=C\CCC)COC(=O)CCCCCCCCCCCCCCCCCCCCCCCCCCCCCCC. The Labute approximate surface area is 484 Å². The zero-order valence-electron chi connectivity index (χ0n) is 51.7. The maximum Gasteiger partial charge on any atom is 0.306 e. The topological polar surface area (TPSA) is 78.9 Å². The Bertz CT molecular complexity index is 1480. The van der Waals surface area contributed by atoms with Crippen LogP contribution in [0, 0.1) is 0 Å². The molecule has 0 N–H and O–H groups in total. The summed E-state index contributed by atoms with van der Waals surface area (Å²) in [6.07, 6.45) is 87.7. The Morgan fingerprint density at radius 1 is 0.269 bits per heavy atom. The predicted molar refractivity (Wildman–Crippen MR) is 339 cm³/mol. The van der Waals surface area contributed by atoms with Crippen LogP contribution in [0.5, 0.6) is 0 Å². The number of carbonyl (C=O) groups is 3. The first-order chi connectivity index (χ1) is 38.5. The molecule has 1 atom stereocenters. The molecule has 450 valence electrons. The van der Waals surface area contributed by atoms with E-state index in [9.17, 15) is 14.4 Å². The minimum Gasteiger partial charge on any atom is -0.462 e. The molecule has 0 heterocycles. The first kappa shape index (κ1) is 74.6. The van der Waals surface area contributed by atoms with Gasteiger partial charge in [0.15, 0.2) is 6.10 Å². The van der Waals surface area contributed by atoms with Gasteiger partial charge in [0.1, 0.15) is 13.2 Å². The zero-order chi connectivity index (χ0) is 56.4. The van der Waals surface area contributed by atoms with Crippen molar-refractivity contribution >= 4 is 17.9 Å². The predicted octanol–water partition coefficient (Wildman–Crippen LogP) is 23.1. The van der Waals surface area contributed by atoms with E-state index in [0.29, 0.717) is 19.3 Å². The lowest BCUT2D eigenvalue weighted by molar-refractivity contribution is -0.167. The van der Waals surface area contributed by atoms with Gasteiger partial charge >= 0.3 is 17.9 Å². The second kappa shape index (κ2) is 66.1. The summed E-state index contributed by atoms with van der Waals surface area (Å²) in [5.74, 6) is -0.938. The molecule has 0 radical (unpaired) electrons. The number of rotatable bonds is 61. The molecule has 78 heavy (non-hydrogen) atoms. The molecule has 0 amide bonds. The van der Waals surface area contributed by atoms with Gasteiger partial charge in [-0.05, 0) is 89.9 Å². The summed E-state index contributed by atoms with van der Waals surface area (Å²) in [6.45, 7) is 6.46. The van der Waals surface area contributed by atoms with E-state index in [1.807, 2.05) is 0 Å². The van der Waals surface area contributed by atoms with Crippen molar-refractivity contribution in [1.82, 2.24) is 0 Å². The minimum absolute atomic E-state index is 0.0946. The molecule has 0 spiro atoms. The van der Waals surface area contributed by atoms with Gasteiger partial charge in [-0.1, -0.05) is 311 Å². The van der Waals surface area contributed by atoms with Crippen molar-refractivity contribution in [2.75, 3.05) is 13.2 Å². The smallest absolute Gasteiger partial charge is 0.306 e. The van der Waals surface area contributed by atoms with E-state index >= 15 is 0 Å². The molecule has 6 nitrogen and oxygen atoms in total. The molecule has 0 saturated heterocycles. The maximum absolute atomic E-state index is 12.9. The molecule has 0 aromatic rings. The lowest BCUT2D eigenvalue weighted by Crippen LogP contribution is -2.30. The largest absolute Gasteiger partial charge is 0.462 e. The number of allylic oxidation sites excluding steroid dienone is 14. The van der Waals surface area contributed by atoms with Crippen LogP contribution in [0.2, 0.25) is 0 Å². The summed E-state index contributed by atoms with van der Waals surface area (Å²) in [7, 11) is 0. The highest BCUT2D eigenvalue weighted by Gasteiger charge is 2.19. The fourth-order valence-corrected chi connectivity index (χ4v) is 9.63. The van der Waals surface area contributed by atoms with E-state index < -0.39 is 6.10 Å². The van der Waals surface area contributed by atoms with Gasteiger partial charge in [-0.2, -0.15) is 0 Å². The second-order valence-electron chi connectivity index (χ2n) is 22.4. The Hall–Kier alpha value is -3.41. The zero-order valence-corrected chi connectivity index (χ0v) is 51.7. The number of ether oxygens (including phenoxy) is 3. The third kappa shape index (κ3) is 63.4. The van der Waals surface area contributed by atoms with E-state index in [-0.39, 0.29) is 37.5 Å². The van der Waals surface area contributed by atoms with Crippen molar-refractivity contribution in [2.24, 2.45) is 0 Å². The Morgan fingerprint density at radius 3 is 0.872 bits per heavy atom. The van der Waals surface area contributed by atoms with Crippen molar-refractivity contribution in [1.29, 1.82) is 0 Å². The van der Waals surface area contributed by atoms with E-state index in [1.54, 1.807) is 0 Å². The number of hydrogen-bond donors (Lipinski definition) is 0. The average Bonchev–Trinajstić information content (AvgIpc) is 3.44. The molecule has 0 aromatic carbocycles. The minimum atomic E-state index is -0.803. The fourth-order valence-electron chi connectivity index (χ4n) is 9.63. The van der Waals surface area contributed by atoms with E-state index in [0.717, 1.165) is 109 Å². The van der Waals surface area contributed by atoms with E-state index in [4.69, 9.17) is 14.2 Å². The highest BCUT2D eigenvalue weighted by molar-refractivity contribution is 5.71. The number of unbranched alkanes of at least 4 members (excludes halogenated alkanes) is 36. The van der Waals surface area contributed by atoms with Crippen molar-refractivity contribution in [3.05, 3.63) is 85.1 Å². The molecule has 6 heteroatoms. The Kier molecular flexibility index (Phi) is 63.2. The maximum atomic E-state index is 12.9. The van der Waals surface area contributed by atoms with Crippen LogP contribution in [-0.4, -0.2) is 37.2 Å². The van der Waals surface area contributed by atoms with Gasteiger partial charge in [0.05, 0.1) is 0 Å². The third-order valence-corrected chi connectivity index (χ3v) is 14.6. The van der Waals surface area contributed by atoms with Crippen LogP contribution in [0.3, 0.4) is 0 Å². The molecule has 0 aromatic heterocycles. The van der Waals surface area contributed by atoms with Gasteiger partial charge in [-0.15, -0.1) is 0 Å². The lowest BCUT2D eigenvalue weighted by Gasteiger charge is -2.18. The second-order valence-corrected chi connectivity index (χ2v) is 22.4. The quantitative estimate of drug-likeness (QED) is 0.0261. The molecule has 0 bridgehead atoms. The van der Waals surface area contributed by atoms with Crippen LogP contribution in [0.4, 0.5) is 0 Å². The first-order valence-electron chi connectivity index (χ1n) is 33.6. The highest BCUT2D eigenvalue weighted by atomic mass is 16.6. The highest BCUT2D eigenvalue weighted by Crippen LogP contribution is 2.18. The van der Waals surface area contributed by atoms with Gasteiger partial charge in [0.25, 0.3) is 0 Å². The van der Waals surface area contributed by atoms with E-state index in [2.05, 4.69) is 106 Å². The van der Waals surface area contributed by atoms with Gasteiger partial charge < -0.3 is 14.2 Å². The number of carbonyl (C=O) groups excluding carboxylic acids is 3. The van der Waals surface area contributed by atoms with Gasteiger partial charge in [0, 0.05) is 19.3 Å². The molecule has 1 unspecified atom stereocenters. The summed E-state index contributed by atoms with van der Waals surface area (Å²) < 4.78 is 16.9. The fraction of sp³-hybridized carbons (Fsp3) is 0.764. The molecule has 0 aliphatic heterocycles. The van der Waals surface area contributed by atoms with Crippen LogP contribution < -0.4 is 0 Å². The molecule has 0 rings (SSSR count). The molecule has 0 saturated carbocycles. The summed E-state index contributed by atoms with van der Waals surface area (Å²) in [5, 5.41) is 0. The number of hydrogen-bond acceptors (Lipinski definition) is 6. The monoisotopic (exact) mass is 1090 g/mol. The van der Waals surface area contributed by atoms with Gasteiger partial charge in [0.2, 0.25) is 0 Å². The average molecular weight is 1090 g/mol. The summed E-state index contributed by atoms with van der Waals surface area (Å²) in [5.41, 5.74) is 0. The van der Waals surface area contributed by atoms with Crippen molar-refractivity contribution in [2.45, 2.75) is 341 Å². The molecule has 0 aliphatic carbocycles. The number of esters is 3. The van der Waals surface area contributed by atoms with Crippen LogP contribution >= 0.6 is 0 Å². The summed E-state index contributed by atoms with van der Waals surface area (Å²) in [6, 6.07) is 0. The third-order valence-electron chi connectivity index (χ3n) is 14.6. The normalized spacial score (nSPS) is 12.6. The summed E-state index contributed by atoms with van der Waals surface area (Å²) in [4.78, 5) is 38.2. The first-order valence-corrected chi connectivity index (χ1v) is 33.6. The summed E-state index contributed by atoms with van der Waals surface area (Å²) >= 11 is 0. The lowest BCUT2D eigenvalue weighted by atomic mass is 10.0. The Morgan fingerprint density at radius 2 is 0.526 bits per heavy atom. The van der Waals surface area contributed by atoms with Crippen LogP contribution in [0.15, 0.2) is 85.1 Å². The van der Waals surface area contributed by atoms with E-state index in [1.165, 1.54) is 180 Å². The van der Waals surface area contributed by atoms with Crippen molar-refractivity contribution in [3.63, 3.8) is 0 Å². The van der Waals surface area contributed by atoms with Crippen molar-refractivity contribution in [3.8, 4) is 0 Å². The van der Waals surface area contributed by atoms with Crippen molar-refractivity contribution < 1.29 is 28.6 Å². The molecule has 0 aliphatic rings. The van der Waals surface area contributed by atoms with Crippen LogP contribution in [0.1, 0.15) is 335 Å². The van der Waals surface area contributed by atoms with Crippen LogP contribution in [-0.2, 0) is 28.6 Å². The van der Waals surface area contributed by atoms with Gasteiger partial charge in [-0.3, -0.25) is 14.4 Å².